The van der Waals surface area contributed by atoms with Gasteiger partial charge in [-0.3, -0.25) is 14.0 Å². The maximum atomic E-state index is 13.0. The van der Waals surface area contributed by atoms with E-state index in [1.165, 1.54) is 4.68 Å². The smallest absolute Gasteiger partial charge is 0.291 e. The number of furan rings is 1. The van der Waals surface area contributed by atoms with E-state index in [4.69, 9.17) is 4.42 Å². The van der Waals surface area contributed by atoms with Crippen molar-refractivity contribution in [1.29, 1.82) is 0 Å². The monoisotopic (exact) mass is 378 g/mol. The molecule has 7 heteroatoms. The van der Waals surface area contributed by atoms with Crippen molar-refractivity contribution in [3.05, 3.63) is 70.0 Å². The molecule has 0 aliphatic rings. The van der Waals surface area contributed by atoms with Gasteiger partial charge in [0.25, 0.3) is 5.56 Å². The molecule has 0 bridgehead atoms. The Bertz CT molecular complexity index is 1230. The second kappa shape index (κ2) is 6.99. The van der Waals surface area contributed by atoms with Gasteiger partial charge in [0, 0.05) is 25.1 Å². The van der Waals surface area contributed by atoms with Gasteiger partial charge in [0.1, 0.15) is 17.4 Å². The lowest BCUT2D eigenvalue weighted by molar-refractivity contribution is -0.124. The van der Waals surface area contributed by atoms with Crippen LogP contribution in [0.2, 0.25) is 0 Å². The number of aromatic nitrogens is 3. The molecule has 0 fully saturated rings. The van der Waals surface area contributed by atoms with Crippen molar-refractivity contribution >= 4 is 22.5 Å². The number of fused-ring (bicyclic) bond motifs is 3. The number of nitrogens with zero attached hydrogens (tertiary/aromatic N) is 3. The lowest BCUT2D eigenvalue weighted by Gasteiger charge is -2.16. The summed E-state index contributed by atoms with van der Waals surface area (Å²) in [6.07, 6.45) is 2.20. The molecule has 144 valence electrons. The summed E-state index contributed by atoms with van der Waals surface area (Å²) in [6, 6.07) is 10.7. The van der Waals surface area contributed by atoms with E-state index in [2.05, 4.69) is 10.4 Å². The molecule has 0 unspecified atom stereocenters. The molecule has 1 atom stereocenters. The Kier molecular flexibility index (Phi) is 4.50. The summed E-state index contributed by atoms with van der Waals surface area (Å²) in [5.41, 5.74) is 3.72. The number of nitrogens with one attached hydrogen (secondary N) is 1. The van der Waals surface area contributed by atoms with Gasteiger partial charge in [-0.15, -0.1) is 0 Å². The van der Waals surface area contributed by atoms with E-state index in [0.29, 0.717) is 29.9 Å². The van der Waals surface area contributed by atoms with Gasteiger partial charge >= 0.3 is 0 Å². The first kappa shape index (κ1) is 18.0. The second-order valence-electron chi connectivity index (χ2n) is 6.87. The largest absolute Gasteiger partial charge is 0.463 e. The van der Waals surface area contributed by atoms with E-state index in [1.54, 1.807) is 23.7 Å². The number of benzene rings is 1. The SMILES string of the molecule is CCc1nn([C@H](C)C(=O)NCc2ccccc2C)c(=O)c2cc3occc3n12. The molecule has 3 heterocycles. The molecule has 1 N–H and O–H groups in total. The molecule has 28 heavy (non-hydrogen) atoms. The highest BCUT2D eigenvalue weighted by atomic mass is 16.3. The highest BCUT2D eigenvalue weighted by Gasteiger charge is 2.22. The van der Waals surface area contributed by atoms with Crippen molar-refractivity contribution in [3.8, 4) is 0 Å². The van der Waals surface area contributed by atoms with Gasteiger partial charge in [-0.05, 0) is 25.0 Å². The van der Waals surface area contributed by atoms with Crippen molar-refractivity contribution in [2.24, 2.45) is 0 Å². The third-order valence-corrected chi connectivity index (χ3v) is 5.11. The second-order valence-corrected chi connectivity index (χ2v) is 6.87. The molecule has 4 rings (SSSR count). The Hall–Kier alpha value is -3.35. The Labute approximate surface area is 161 Å². The maximum Gasteiger partial charge on any atom is 0.291 e. The molecule has 1 amide bonds. The first-order valence-electron chi connectivity index (χ1n) is 9.33. The minimum Gasteiger partial charge on any atom is -0.463 e. The van der Waals surface area contributed by atoms with Crippen LogP contribution in [-0.2, 0) is 17.8 Å². The van der Waals surface area contributed by atoms with E-state index in [1.807, 2.05) is 44.2 Å². The maximum absolute atomic E-state index is 13.0. The molecular formula is C21H22N4O3. The van der Waals surface area contributed by atoms with Crippen molar-refractivity contribution in [2.45, 2.75) is 39.8 Å². The van der Waals surface area contributed by atoms with Crippen LogP contribution in [0.4, 0.5) is 0 Å². The van der Waals surface area contributed by atoms with Crippen molar-refractivity contribution in [3.63, 3.8) is 0 Å². The van der Waals surface area contributed by atoms with E-state index < -0.39 is 6.04 Å². The van der Waals surface area contributed by atoms with Gasteiger partial charge in [-0.1, -0.05) is 31.2 Å². The van der Waals surface area contributed by atoms with Gasteiger partial charge in [-0.2, -0.15) is 5.10 Å². The highest BCUT2D eigenvalue weighted by Crippen LogP contribution is 2.21. The van der Waals surface area contributed by atoms with Crippen LogP contribution in [-0.4, -0.2) is 20.1 Å². The Morgan fingerprint density at radius 2 is 2.04 bits per heavy atom. The van der Waals surface area contributed by atoms with E-state index >= 15 is 0 Å². The number of rotatable bonds is 5. The number of carbonyl (C=O) groups excluding carboxylic acids is 1. The molecule has 0 radical (unpaired) electrons. The quantitative estimate of drug-likeness (QED) is 0.579. The predicted molar refractivity (Wildman–Crippen MR) is 106 cm³/mol. The molecule has 0 aliphatic heterocycles. The van der Waals surface area contributed by atoms with E-state index in [9.17, 15) is 9.59 Å². The van der Waals surface area contributed by atoms with Crippen LogP contribution in [0, 0.1) is 6.92 Å². The van der Waals surface area contributed by atoms with Crippen LogP contribution in [0.5, 0.6) is 0 Å². The van der Waals surface area contributed by atoms with E-state index in [-0.39, 0.29) is 11.5 Å². The standard InChI is InChI=1S/C21H22N4O3/c1-4-19-23-25(21(27)17-11-18-16(24(17)19)9-10-28-18)14(3)20(26)22-12-15-8-6-5-7-13(15)2/h5-11,14H,4,12H2,1-3H3,(H,22,26)/t14-/m1/s1. The Balaban J connectivity index is 1.67. The normalized spacial score (nSPS) is 12.5. The van der Waals surface area contributed by atoms with Gasteiger partial charge in [0.15, 0.2) is 5.58 Å². The third-order valence-electron chi connectivity index (χ3n) is 5.11. The fourth-order valence-electron chi connectivity index (χ4n) is 3.43. The fourth-order valence-corrected chi connectivity index (χ4v) is 3.43. The molecule has 0 aliphatic carbocycles. The number of amides is 1. The number of hydrogen-bond donors (Lipinski definition) is 1. The lowest BCUT2D eigenvalue weighted by Crippen LogP contribution is -2.38. The van der Waals surface area contributed by atoms with Gasteiger partial charge in [0.05, 0.1) is 11.8 Å². The van der Waals surface area contributed by atoms with Crippen LogP contribution in [0.3, 0.4) is 0 Å². The van der Waals surface area contributed by atoms with Crippen molar-refractivity contribution < 1.29 is 9.21 Å². The molecule has 0 spiro atoms. The topological polar surface area (TPSA) is 81.5 Å². The molecule has 4 aromatic rings. The summed E-state index contributed by atoms with van der Waals surface area (Å²) in [5, 5.41) is 7.39. The zero-order chi connectivity index (χ0) is 19.8. The van der Waals surface area contributed by atoms with Crippen LogP contribution in [0.1, 0.15) is 36.8 Å². The summed E-state index contributed by atoms with van der Waals surface area (Å²) in [4.78, 5) is 25.7. The first-order valence-corrected chi connectivity index (χ1v) is 9.33. The molecule has 3 aromatic heterocycles. The summed E-state index contributed by atoms with van der Waals surface area (Å²) in [7, 11) is 0. The number of hydrogen-bond acceptors (Lipinski definition) is 4. The van der Waals surface area contributed by atoms with Crippen molar-refractivity contribution in [2.75, 3.05) is 0 Å². The zero-order valence-corrected chi connectivity index (χ0v) is 16.1. The lowest BCUT2D eigenvalue weighted by atomic mass is 10.1. The van der Waals surface area contributed by atoms with Crippen LogP contribution in [0.25, 0.3) is 16.6 Å². The third kappa shape index (κ3) is 2.89. The predicted octanol–water partition coefficient (Wildman–Crippen LogP) is 2.99. The van der Waals surface area contributed by atoms with Crippen LogP contribution in [0.15, 0.2) is 51.9 Å². The Morgan fingerprint density at radius 3 is 2.79 bits per heavy atom. The number of aryl methyl sites for hydroxylation is 2. The summed E-state index contributed by atoms with van der Waals surface area (Å²) < 4.78 is 8.49. The Morgan fingerprint density at radius 1 is 1.25 bits per heavy atom. The zero-order valence-electron chi connectivity index (χ0n) is 16.1. The summed E-state index contributed by atoms with van der Waals surface area (Å²) >= 11 is 0. The fraction of sp³-hybridized carbons (Fsp3) is 0.286. The average molecular weight is 378 g/mol. The van der Waals surface area contributed by atoms with E-state index in [0.717, 1.165) is 16.6 Å². The highest BCUT2D eigenvalue weighted by molar-refractivity contribution is 5.83. The van der Waals surface area contributed by atoms with Crippen LogP contribution < -0.4 is 10.9 Å². The van der Waals surface area contributed by atoms with Gasteiger partial charge in [0.2, 0.25) is 5.91 Å². The minimum atomic E-state index is -0.729. The minimum absolute atomic E-state index is 0.250. The van der Waals surface area contributed by atoms with Gasteiger partial charge < -0.3 is 9.73 Å². The molecule has 0 saturated heterocycles. The molecular weight excluding hydrogens is 356 g/mol. The molecule has 7 nitrogen and oxygen atoms in total. The van der Waals surface area contributed by atoms with Gasteiger partial charge in [-0.25, -0.2) is 4.68 Å². The summed E-state index contributed by atoms with van der Waals surface area (Å²) in [6.45, 7) is 6.06. The summed E-state index contributed by atoms with van der Waals surface area (Å²) in [5.74, 6) is 0.448. The first-order chi connectivity index (χ1) is 13.5. The average Bonchev–Trinajstić information content (AvgIpc) is 3.29. The van der Waals surface area contributed by atoms with Crippen molar-refractivity contribution in [1.82, 2.24) is 19.5 Å². The number of carbonyl (C=O) groups is 1. The molecule has 1 aromatic carbocycles. The molecule has 0 saturated carbocycles. The van der Waals surface area contributed by atoms with Crippen LogP contribution >= 0.6 is 0 Å².